The molecule has 0 amide bonds. The normalized spacial score (nSPS) is 13.0. The molecule has 1 aromatic carbocycles. The molecule has 0 saturated heterocycles. The zero-order chi connectivity index (χ0) is 10.1. The van der Waals surface area contributed by atoms with Crippen molar-refractivity contribution >= 4 is 37.9 Å². The van der Waals surface area contributed by atoms with Crippen molar-refractivity contribution < 1.29 is 8.76 Å². The van der Waals surface area contributed by atoms with Crippen LogP contribution in [0.3, 0.4) is 0 Å². The number of aromatic nitrogens is 1. The van der Waals surface area contributed by atoms with Gasteiger partial charge in [-0.1, -0.05) is 22.0 Å². The van der Waals surface area contributed by atoms with Gasteiger partial charge in [-0.2, -0.15) is 0 Å². The minimum atomic E-state index is -2.01. The summed E-state index contributed by atoms with van der Waals surface area (Å²) in [7, 11) is 0. The third-order valence-corrected chi connectivity index (χ3v) is 2.97. The number of halogens is 1. The average molecular weight is 272 g/mol. The quantitative estimate of drug-likeness (QED) is 0.812. The highest BCUT2D eigenvalue weighted by atomic mass is 79.9. The van der Waals surface area contributed by atoms with Gasteiger partial charge in [0.25, 0.3) is 0 Å². The van der Waals surface area contributed by atoms with Crippen molar-refractivity contribution in [2.45, 2.75) is 4.90 Å². The second kappa shape index (κ2) is 3.76. The first kappa shape index (κ1) is 9.76. The van der Waals surface area contributed by atoms with Crippen molar-refractivity contribution in [2.75, 3.05) is 0 Å². The highest BCUT2D eigenvalue weighted by Crippen LogP contribution is 2.24. The molecule has 2 aromatic rings. The molecule has 0 fully saturated rings. The van der Waals surface area contributed by atoms with Gasteiger partial charge in [-0.15, -0.1) is 0 Å². The molecule has 1 heterocycles. The molecule has 1 unspecified atom stereocenters. The van der Waals surface area contributed by atoms with E-state index in [-0.39, 0.29) is 0 Å². The molecule has 0 aliphatic carbocycles. The van der Waals surface area contributed by atoms with Crippen LogP contribution in [0.2, 0.25) is 0 Å². The summed E-state index contributed by atoms with van der Waals surface area (Å²) in [6, 6.07) is 7.10. The molecule has 0 aliphatic heterocycles. The van der Waals surface area contributed by atoms with Gasteiger partial charge in [0, 0.05) is 16.1 Å². The second-order valence-corrected chi connectivity index (χ2v) is 4.58. The van der Waals surface area contributed by atoms with E-state index in [9.17, 15) is 4.21 Å². The van der Waals surface area contributed by atoms with Gasteiger partial charge in [0.15, 0.2) is 11.1 Å². The van der Waals surface area contributed by atoms with E-state index in [0.717, 1.165) is 9.86 Å². The molecule has 0 bridgehead atoms. The third kappa shape index (κ3) is 1.70. The fourth-order valence-corrected chi connectivity index (χ4v) is 2.45. The summed E-state index contributed by atoms with van der Waals surface area (Å²) < 4.78 is 20.8. The predicted octanol–water partition coefficient (Wildman–Crippen LogP) is 2.58. The van der Waals surface area contributed by atoms with Gasteiger partial charge in [-0.3, -0.25) is 4.98 Å². The van der Waals surface area contributed by atoms with E-state index in [0.29, 0.717) is 10.4 Å². The molecule has 5 heteroatoms. The van der Waals surface area contributed by atoms with Gasteiger partial charge in [-0.25, -0.2) is 4.21 Å². The fourth-order valence-electron chi connectivity index (χ4n) is 1.26. The van der Waals surface area contributed by atoms with Crippen LogP contribution < -0.4 is 0 Å². The molecule has 0 aliphatic rings. The van der Waals surface area contributed by atoms with Gasteiger partial charge < -0.3 is 4.55 Å². The first-order valence-electron chi connectivity index (χ1n) is 3.83. The Kier molecular flexibility index (Phi) is 2.62. The van der Waals surface area contributed by atoms with Crippen molar-refractivity contribution in [3.63, 3.8) is 0 Å². The van der Waals surface area contributed by atoms with E-state index in [1.54, 1.807) is 18.3 Å². The Bertz CT molecular complexity index is 515. The monoisotopic (exact) mass is 271 g/mol. The lowest BCUT2D eigenvalue weighted by Gasteiger charge is -2.02. The lowest BCUT2D eigenvalue weighted by molar-refractivity contribution is 0.565. The first-order chi connectivity index (χ1) is 6.68. The van der Waals surface area contributed by atoms with E-state index in [2.05, 4.69) is 20.9 Å². The summed E-state index contributed by atoms with van der Waals surface area (Å²) >= 11 is 1.27. The van der Waals surface area contributed by atoms with Crippen LogP contribution >= 0.6 is 15.9 Å². The summed E-state index contributed by atoms with van der Waals surface area (Å²) in [5.41, 5.74) is 0.566. The maximum absolute atomic E-state index is 11.0. The van der Waals surface area contributed by atoms with E-state index >= 15 is 0 Å². The smallest absolute Gasteiger partial charge is 0.188 e. The van der Waals surface area contributed by atoms with E-state index in [4.69, 9.17) is 4.55 Å². The molecule has 0 radical (unpaired) electrons. The summed E-state index contributed by atoms with van der Waals surface area (Å²) in [4.78, 5) is 4.40. The Balaban J connectivity index is 2.87. The van der Waals surface area contributed by atoms with Crippen LogP contribution in [-0.4, -0.2) is 13.7 Å². The molecule has 1 N–H and O–H groups in total. The number of nitrogens with zero attached hydrogens (tertiary/aromatic N) is 1. The standard InChI is InChI=1S/C9H6BrNO2S/c10-7-4-6-2-1-3-11-9(6)8(5-7)14(12)13/h1-5H,(H,12,13). The molecule has 0 saturated carbocycles. The lowest BCUT2D eigenvalue weighted by Crippen LogP contribution is -1.92. The van der Waals surface area contributed by atoms with Gasteiger partial charge >= 0.3 is 0 Å². The Morgan fingerprint density at radius 1 is 1.43 bits per heavy atom. The summed E-state index contributed by atoms with van der Waals surface area (Å²) in [5, 5.41) is 0.847. The topological polar surface area (TPSA) is 50.2 Å². The summed E-state index contributed by atoms with van der Waals surface area (Å²) in [6.45, 7) is 0. The van der Waals surface area contributed by atoms with E-state index in [1.807, 2.05) is 12.1 Å². The predicted molar refractivity (Wildman–Crippen MR) is 58.5 cm³/mol. The Labute approximate surface area is 91.6 Å². The zero-order valence-corrected chi connectivity index (χ0v) is 9.38. The molecule has 14 heavy (non-hydrogen) atoms. The van der Waals surface area contributed by atoms with Crippen molar-refractivity contribution in [1.82, 2.24) is 4.98 Å². The van der Waals surface area contributed by atoms with Crippen molar-refractivity contribution in [2.24, 2.45) is 0 Å². The number of hydrogen-bond donors (Lipinski definition) is 1. The number of fused-ring (bicyclic) bond motifs is 1. The molecule has 1 atom stereocenters. The summed E-state index contributed by atoms with van der Waals surface area (Å²) in [6.07, 6.45) is 1.60. The van der Waals surface area contributed by atoms with Crippen molar-refractivity contribution in [3.8, 4) is 0 Å². The van der Waals surface area contributed by atoms with E-state index < -0.39 is 11.1 Å². The lowest BCUT2D eigenvalue weighted by atomic mass is 10.2. The molecular weight excluding hydrogens is 266 g/mol. The zero-order valence-electron chi connectivity index (χ0n) is 6.98. The largest absolute Gasteiger partial charge is 0.302 e. The van der Waals surface area contributed by atoms with Gasteiger partial charge in [-0.05, 0) is 18.2 Å². The Morgan fingerprint density at radius 3 is 2.93 bits per heavy atom. The first-order valence-corrected chi connectivity index (χ1v) is 5.73. The molecule has 0 spiro atoms. The highest BCUT2D eigenvalue weighted by Gasteiger charge is 2.08. The molecule has 1 aromatic heterocycles. The van der Waals surface area contributed by atoms with Crippen molar-refractivity contribution in [1.29, 1.82) is 0 Å². The number of hydrogen-bond acceptors (Lipinski definition) is 2. The van der Waals surface area contributed by atoms with Gasteiger partial charge in [0.1, 0.15) is 0 Å². The van der Waals surface area contributed by atoms with Crippen LogP contribution in [0.1, 0.15) is 0 Å². The minimum absolute atomic E-state index is 0.329. The molecule has 3 nitrogen and oxygen atoms in total. The second-order valence-electron chi connectivity index (χ2n) is 2.73. The SMILES string of the molecule is O=S(O)c1cc(Br)cc2cccnc12. The summed E-state index contributed by atoms with van der Waals surface area (Å²) in [5.74, 6) is 0. The van der Waals surface area contributed by atoms with Crippen LogP contribution in [0.5, 0.6) is 0 Å². The van der Waals surface area contributed by atoms with Crippen LogP contribution in [0.4, 0.5) is 0 Å². The third-order valence-electron chi connectivity index (χ3n) is 1.82. The average Bonchev–Trinajstić information content (AvgIpc) is 2.16. The van der Waals surface area contributed by atoms with Crippen LogP contribution in [0.15, 0.2) is 39.8 Å². The number of rotatable bonds is 1. The van der Waals surface area contributed by atoms with Crippen LogP contribution in [0, 0.1) is 0 Å². The van der Waals surface area contributed by atoms with E-state index in [1.165, 1.54) is 0 Å². The molecule has 2 rings (SSSR count). The maximum atomic E-state index is 11.0. The fraction of sp³-hybridized carbons (Fsp3) is 0. The maximum Gasteiger partial charge on any atom is 0.188 e. The Morgan fingerprint density at radius 2 is 2.21 bits per heavy atom. The highest BCUT2D eigenvalue weighted by molar-refractivity contribution is 9.10. The van der Waals surface area contributed by atoms with Gasteiger partial charge in [0.2, 0.25) is 0 Å². The van der Waals surface area contributed by atoms with Gasteiger partial charge in [0.05, 0.1) is 10.4 Å². The number of benzene rings is 1. The number of pyridine rings is 1. The minimum Gasteiger partial charge on any atom is -0.302 e. The molecular formula is C9H6BrNO2S. The van der Waals surface area contributed by atoms with Crippen molar-refractivity contribution in [3.05, 3.63) is 34.9 Å². The van der Waals surface area contributed by atoms with Crippen LogP contribution in [-0.2, 0) is 11.1 Å². The Hall–Kier alpha value is -0.780. The molecule has 72 valence electrons. The van der Waals surface area contributed by atoms with Crippen LogP contribution in [0.25, 0.3) is 10.9 Å².